The van der Waals surface area contributed by atoms with E-state index >= 15 is 0 Å². The van der Waals surface area contributed by atoms with Gasteiger partial charge in [0.2, 0.25) is 0 Å². The Hall–Kier alpha value is -3.22. The summed E-state index contributed by atoms with van der Waals surface area (Å²) < 4.78 is 25.9. The number of nitrogens with zero attached hydrogens (tertiary/aromatic N) is 4. The van der Waals surface area contributed by atoms with E-state index in [0.717, 1.165) is 40.2 Å². The quantitative estimate of drug-likeness (QED) is 0.252. The van der Waals surface area contributed by atoms with Crippen LogP contribution in [0.2, 0.25) is 0 Å². The zero-order valence-electron chi connectivity index (χ0n) is 20.5. The Balaban J connectivity index is 1.48. The van der Waals surface area contributed by atoms with Gasteiger partial charge in [-0.1, -0.05) is 42.7 Å². The van der Waals surface area contributed by atoms with Crippen molar-refractivity contribution < 1.29 is 18.7 Å². The number of carbonyl (C=O) groups is 1. The van der Waals surface area contributed by atoms with Gasteiger partial charge < -0.3 is 19.7 Å². The minimum Gasteiger partial charge on any atom is -0.445 e. The number of anilines is 3. The van der Waals surface area contributed by atoms with Gasteiger partial charge in [0.25, 0.3) is 0 Å². The highest BCUT2D eigenvalue weighted by Gasteiger charge is 2.15. The van der Waals surface area contributed by atoms with Gasteiger partial charge in [0.15, 0.2) is 4.34 Å². The Morgan fingerprint density at radius 2 is 2.14 bits per heavy atom. The third kappa shape index (κ3) is 7.88. The number of benzene rings is 1. The fourth-order valence-electron chi connectivity index (χ4n) is 3.58. The molecule has 0 aliphatic carbocycles. The average Bonchev–Trinajstić information content (AvgIpc) is 3.39. The predicted octanol–water partition coefficient (Wildman–Crippen LogP) is 5.11. The van der Waals surface area contributed by atoms with Crippen LogP contribution in [0.1, 0.15) is 23.2 Å². The highest BCUT2D eigenvalue weighted by Crippen LogP contribution is 2.29. The summed E-state index contributed by atoms with van der Waals surface area (Å²) in [7, 11) is 0. The molecule has 0 atom stereocenters. The van der Waals surface area contributed by atoms with E-state index in [0.29, 0.717) is 36.0 Å². The molecule has 1 fully saturated rings. The highest BCUT2D eigenvalue weighted by molar-refractivity contribution is 8.00. The molecule has 0 unspecified atom stereocenters. The summed E-state index contributed by atoms with van der Waals surface area (Å²) in [6, 6.07) is 8.41. The summed E-state index contributed by atoms with van der Waals surface area (Å²) in [6.45, 7) is 8.75. The first kappa shape index (κ1) is 26.8. The summed E-state index contributed by atoms with van der Waals surface area (Å²) in [6.07, 6.45) is 1.70. The predicted molar refractivity (Wildman–Crippen MR) is 145 cm³/mol. The number of amides is 1. The van der Waals surface area contributed by atoms with Crippen LogP contribution in [0.3, 0.4) is 0 Å². The lowest BCUT2D eigenvalue weighted by Crippen LogP contribution is -2.36. The van der Waals surface area contributed by atoms with E-state index in [1.165, 1.54) is 18.2 Å². The molecule has 1 aromatic carbocycles. The normalized spacial score (nSPS) is 13.3. The molecule has 2 N–H and O–H groups in total. The second-order valence-corrected chi connectivity index (χ2v) is 10.4. The third-order valence-corrected chi connectivity index (χ3v) is 7.65. The molecule has 3 heterocycles. The average molecular weight is 545 g/mol. The Kier molecular flexibility index (Phi) is 9.69. The van der Waals surface area contributed by atoms with Gasteiger partial charge in [-0.15, -0.1) is 10.2 Å². The molecule has 0 spiro atoms. The van der Waals surface area contributed by atoms with Gasteiger partial charge in [-0.25, -0.2) is 14.2 Å². The van der Waals surface area contributed by atoms with Crippen LogP contribution in [-0.4, -0.2) is 54.2 Å². The van der Waals surface area contributed by atoms with Gasteiger partial charge in [-0.05, 0) is 30.7 Å². The number of thioether (sulfide) groups is 1. The Labute approximate surface area is 223 Å². The second-order valence-electron chi connectivity index (χ2n) is 8.08. The molecule has 9 nitrogen and oxygen atoms in total. The molecule has 0 saturated carbocycles. The Morgan fingerprint density at radius 1 is 1.30 bits per heavy atom. The third-order valence-electron chi connectivity index (χ3n) is 5.42. The molecule has 37 heavy (non-hydrogen) atoms. The summed E-state index contributed by atoms with van der Waals surface area (Å²) in [4.78, 5) is 18.9. The van der Waals surface area contributed by atoms with E-state index in [9.17, 15) is 9.18 Å². The lowest BCUT2D eigenvalue weighted by molar-refractivity contribution is 0.122. The molecule has 3 aromatic rings. The maximum absolute atomic E-state index is 14.5. The molecule has 4 rings (SSSR count). The van der Waals surface area contributed by atoms with Crippen molar-refractivity contribution in [1.82, 2.24) is 15.2 Å². The zero-order chi connectivity index (χ0) is 26.0. The molecule has 0 radical (unpaired) electrons. The summed E-state index contributed by atoms with van der Waals surface area (Å²) >= 11 is 3.19. The lowest BCUT2D eigenvalue weighted by Gasteiger charge is -2.29. The zero-order valence-corrected chi connectivity index (χ0v) is 22.2. The van der Waals surface area contributed by atoms with Crippen LogP contribution in [-0.2, 0) is 28.2 Å². The molecule has 1 aliphatic heterocycles. The van der Waals surface area contributed by atoms with Crippen LogP contribution in [0.25, 0.3) is 0 Å². The highest BCUT2D eigenvalue weighted by atomic mass is 32.2. The largest absolute Gasteiger partial charge is 0.445 e. The first-order valence-electron chi connectivity index (χ1n) is 11.9. The van der Waals surface area contributed by atoms with Gasteiger partial charge in [-0.3, -0.25) is 5.32 Å². The van der Waals surface area contributed by atoms with Crippen molar-refractivity contribution in [3.63, 3.8) is 0 Å². The number of hydrogen-bond acceptors (Lipinski definition) is 10. The number of morpholine rings is 1. The number of nitrogens with one attached hydrogen (secondary N) is 2. The monoisotopic (exact) mass is 544 g/mol. The number of halogens is 1. The van der Waals surface area contributed by atoms with Crippen LogP contribution in [0.4, 0.5) is 26.4 Å². The summed E-state index contributed by atoms with van der Waals surface area (Å²) in [5, 5.41) is 15.3. The van der Waals surface area contributed by atoms with E-state index in [4.69, 9.17) is 14.5 Å². The molecule has 1 saturated heterocycles. The summed E-state index contributed by atoms with van der Waals surface area (Å²) in [5.41, 5.74) is 2.73. The Morgan fingerprint density at radius 3 is 2.89 bits per heavy atom. The smallest absolute Gasteiger partial charge is 0.411 e. The minimum atomic E-state index is -0.631. The van der Waals surface area contributed by atoms with Crippen molar-refractivity contribution in [1.29, 1.82) is 0 Å². The molecular weight excluding hydrogens is 515 g/mol. The van der Waals surface area contributed by atoms with Crippen molar-refractivity contribution in [2.24, 2.45) is 0 Å². The number of carbonyl (C=O) groups excluding carboxylic acids is 1. The van der Waals surface area contributed by atoms with E-state index < -0.39 is 6.09 Å². The minimum absolute atomic E-state index is 0.0893. The van der Waals surface area contributed by atoms with E-state index in [1.807, 2.05) is 6.07 Å². The first-order valence-corrected chi connectivity index (χ1v) is 13.7. The van der Waals surface area contributed by atoms with Crippen molar-refractivity contribution in [2.75, 3.05) is 48.4 Å². The van der Waals surface area contributed by atoms with Gasteiger partial charge >= 0.3 is 6.09 Å². The van der Waals surface area contributed by atoms with Gasteiger partial charge in [-0.2, -0.15) is 0 Å². The van der Waals surface area contributed by atoms with Gasteiger partial charge in [0.1, 0.15) is 23.2 Å². The maximum atomic E-state index is 14.5. The fourth-order valence-corrected chi connectivity index (χ4v) is 5.31. The van der Waals surface area contributed by atoms with Gasteiger partial charge in [0, 0.05) is 48.4 Å². The van der Waals surface area contributed by atoms with Crippen LogP contribution in [0, 0.1) is 5.82 Å². The Bertz CT molecular complexity index is 1220. The van der Waals surface area contributed by atoms with Crippen molar-refractivity contribution in [3.05, 3.63) is 65.1 Å². The van der Waals surface area contributed by atoms with Crippen LogP contribution in [0.5, 0.6) is 0 Å². The molecule has 1 amide bonds. The second kappa shape index (κ2) is 13.4. The van der Waals surface area contributed by atoms with Crippen LogP contribution in [0.15, 0.2) is 47.3 Å². The number of hydrogen-bond donors (Lipinski definition) is 2. The molecule has 12 heteroatoms. The van der Waals surface area contributed by atoms with Crippen LogP contribution < -0.4 is 15.5 Å². The van der Waals surface area contributed by atoms with Crippen LogP contribution >= 0.6 is 23.1 Å². The molecule has 0 bridgehead atoms. The van der Waals surface area contributed by atoms with Crippen molar-refractivity contribution >= 4 is 46.4 Å². The van der Waals surface area contributed by atoms with Crippen molar-refractivity contribution in [3.8, 4) is 0 Å². The number of ether oxygens (including phenoxy) is 2. The van der Waals surface area contributed by atoms with E-state index in [1.54, 1.807) is 29.2 Å². The number of aryl methyl sites for hydroxylation is 1. The summed E-state index contributed by atoms with van der Waals surface area (Å²) in [5.74, 6) is 0.876. The number of pyridine rings is 1. The number of rotatable bonds is 11. The van der Waals surface area contributed by atoms with E-state index in [-0.39, 0.29) is 19.0 Å². The SMILES string of the molecule is C=CCOC(=O)Nc1ccc(F)c(CNc2cc(N3CCOCC3)cc(CSc3nnc(CC)s3)n2)c1. The number of aromatic nitrogens is 3. The van der Waals surface area contributed by atoms with E-state index in [2.05, 4.69) is 45.3 Å². The lowest BCUT2D eigenvalue weighted by atomic mass is 10.2. The van der Waals surface area contributed by atoms with Crippen molar-refractivity contribution in [2.45, 2.75) is 30.0 Å². The maximum Gasteiger partial charge on any atom is 0.411 e. The fraction of sp³-hybridized carbons (Fsp3) is 0.360. The van der Waals surface area contributed by atoms with Gasteiger partial charge in [0.05, 0.1) is 18.9 Å². The molecule has 2 aromatic heterocycles. The molecule has 196 valence electrons. The standard InChI is InChI=1S/C25H29FN6O3S2/c1-3-9-35-24(33)29-18-5-6-21(26)17(12-18)15-27-22-14-20(32-7-10-34-11-8-32)13-19(28-22)16-36-25-31-30-23(4-2)37-25/h3,5-6,12-14H,1,4,7-11,15-16H2,2H3,(H,27,28)(H,29,33). The molecule has 1 aliphatic rings. The first-order chi connectivity index (χ1) is 18.0. The topological polar surface area (TPSA) is 102 Å². The molecular formula is C25H29FN6O3S2.